The third kappa shape index (κ3) is 2.53. The summed E-state index contributed by atoms with van der Waals surface area (Å²) >= 11 is 3.62. The van der Waals surface area contributed by atoms with Crippen LogP contribution in [0, 0.1) is 6.92 Å². The van der Waals surface area contributed by atoms with Gasteiger partial charge in [0.05, 0.1) is 16.4 Å². The SMILES string of the molecule is Cc1c(N)cnc(NC2CC3CCCC(C2)N3C)c1Br. The van der Waals surface area contributed by atoms with Gasteiger partial charge in [0.15, 0.2) is 0 Å². The summed E-state index contributed by atoms with van der Waals surface area (Å²) in [5.74, 6) is 0.935. The van der Waals surface area contributed by atoms with E-state index in [9.17, 15) is 0 Å². The van der Waals surface area contributed by atoms with Gasteiger partial charge in [-0.05, 0) is 61.1 Å². The molecule has 1 aromatic rings. The van der Waals surface area contributed by atoms with Crippen LogP contribution in [0.5, 0.6) is 0 Å². The summed E-state index contributed by atoms with van der Waals surface area (Å²) in [5.41, 5.74) is 7.69. The Hall–Kier alpha value is -0.810. The van der Waals surface area contributed by atoms with Crippen molar-refractivity contribution in [1.82, 2.24) is 9.88 Å². The van der Waals surface area contributed by atoms with E-state index < -0.39 is 0 Å². The molecule has 0 spiro atoms. The molecule has 3 heterocycles. The second kappa shape index (κ2) is 5.53. The third-order valence-electron chi connectivity index (χ3n) is 4.98. The molecule has 2 bridgehead atoms. The molecule has 2 aliphatic rings. The van der Waals surface area contributed by atoms with Gasteiger partial charge in [0.1, 0.15) is 5.82 Å². The smallest absolute Gasteiger partial charge is 0.140 e. The Bertz CT molecular complexity index is 491. The summed E-state index contributed by atoms with van der Waals surface area (Å²) in [6, 6.07) is 1.98. The molecule has 2 fully saturated rings. The van der Waals surface area contributed by atoms with E-state index in [1.165, 1.54) is 32.1 Å². The average Bonchev–Trinajstić information content (AvgIpc) is 2.40. The lowest BCUT2D eigenvalue weighted by Gasteiger charge is -2.47. The molecule has 0 amide bonds. The Morgan fingerprint density at radius 1 is 1.35 bits per heavy atom. The van der Waals surface area contributed by atoms with Gasteiger partial charge in [0, 0.05) is 18.1 Å². The molecule has 4 nitrogen and oxygen atoms in total. The highest BCUT2D eigenvalue weighted by molar-refractivity contribution is 9.10. The molecule has 20 heavy (non-hydrogen) atoms. The highest BCUT2D eigenvalue weighted by atomic mass is 79.9. The van der Waals surface area contributed by atoms with Crippen LogP contribution in [0.15, 0.2) is 10.7 Å². The van der Waals surface area contributed by atoms with Gasteiger partial charge in [0.25, 0.3) is 0 Å². The number of nitrogens with zero attached hydrogens (tertiary/aromatic N) is 2. The van der Waals surface area contributed by atoms with Crippen LogP contribution < -0.4 is 11.1 Å². The Labute approximate surface area is 129 Å². The predicted molar refractivity (Wildman–Crippen MR) is 86.9 cm³/mol. The molecule has 2 saturated heterocycles. The van der Waals surface area contributed by atoms with Crippen LogP contribution >= 0.6 is 15.9 Å². The maximum atomic E-state index is 5.89. The van der Waals surface area contributed by atoms with Crippen LogP contribution in [0.25, 0.3) is 0 Å². The Kier molecular flexibility index (Phi) is 3.91. The average molecular weight is 339 g/mol. The molecular formula is C15H23BrN4. The fraction of sp³-hybridized carbons (Fsp3) is 0.667. The fourth-order valence-corrected chi connectivity index (χ4v) is 4.07. The zero-order valence-corrected chi connectivity index (χ0v) is 13.8. The van der Waals surface area contributed by atoms with Gasteiger partial charge in [0.2, 0.25) is 0 Å². The number of pyridine rings is 1. The standard InChI is InChI=1S/C15H23BrN4/c1-9-13(17)8-18-15(14(9)16)19-10-6-11-4-3-5-12(7-10)20(11)2/h8,10-12H,3-7,17H2,1-2H3,(H,18,19). The minimum absolute atomic E-state index is 0.522. The summed E-state index contributed by atoms with van der Waals surface area (Å²) in [6.07, 6.45) is 8.23. The van der Waals surface area contributed by atoms with E-state index in [2.05, 4.69) is 38.2 Å². The van der Waals surface area contributed by atoms with Gasteiger partial charge in [-0.2, -0.15) is 0 Å². The molecule has 2 atom stereocenters. The van der Waals surface area contributed by atoms with Crippen LogP contribution in [0.2, 0.25) is 0 Å². The zero-order valence-electron chi connectivity index (χ0n) is 12.2. The molecule has 3 rings (SSSR count). The number of hydrogen-bond donors (Lipinski definition) is 2. The lowest BCUT2D eigenvalue weighted by atomic mass is 9.82. The molecular weight excluding hydrogens is 316 g/mol. The number of piperidine rings is 2. The summed E-state index contributed by atoms with van der Waals surface area (Å²) in [5, 5.41) is 3.63. The lowest BCUT2D eigenvalue weighted by Crippen LogP contribution is -2.52. The van der Waals surface area contributed by atoms with Crippen molar-refractivity contribution in [1.29, 1.82) is 0 Å². The van der Waals surface area contributed by atoms with Gasteiger partial charge < -0.3 is 16.0 Å². The second-order valence-electron chi connectivity index (χ2n) is 6.22. The Morgan fingerprint density at radius 2 is 2.00 bits per heavy atom. The first-order valence-electron chi connectivity index (χ1n) is 7.45. The van der Waals surface area contributed by atoms with Crippen molar-refractivity contribution in [2.75, 3.05) is 18.1 Å². The molecule has 3 N–H and O–H groups in total. The van der Waals surface area contributed by atoms with Crippen LogP contribution in [0.4, 0.5) is 11.5 Å². The summed E-state index contributed by atoms with van der Waals surface area (Å²) in [4.78, 5) is 7.03. The molecule has 0 aromatic carbocycles. The van der Waals surface area contributed by atoms with Crippen LogP contribution in [-0.2, 0) is 0 Å². The van der Waals surface area contributed by atoms with Crippen LogP contribution in [-0.4, -0.2) is 35.1 Å². The number of hydrogen-bond acceptors (Lipinski definition) is 4. The quantitative estimate of drug-likeness (QED) is 0.869. The van der Waals surface area contributed by atoms with Gasteiger partial charge in [-0.15, -0.1) is 0 Å². The monoisotopic (exact) mass is 338 g/mol. The first kappa shape index (κ1) is 14.1. The first-order chi connectivity index (χ1) is 9.56. The molecule has 1 aromatic heterocycles. The number of nitrogens with one attached hydrogen (secondary N) is 1. The lowest BCUT2D eigenvalue weighted by molar-refractivity contribution is 0.0608. The van der Waals surface area contributed by atoms with Crippen molar-refractivity contribution in [3.63, 3.8) is 0 Å². The Balaban J connectivity index is 1.74. The van der Waals surface area contributed by atoms with Crippen LogP contribution in [0.1, 0.15) is 37.7 Å². The molecule has 110 valence electrons. The van der Waals surface area contributed by atoms with Gasteiger partial charge in [-0.3, -0.25) is 0 Å². The van der Waals surface area contributed by atoms with E-state index in [1.54, 1.807) is 6.20 Å². The van der Waals surface area contributed by atoms with Crippen molar-refractivity contribution in [2.24, 2.45) is 0 Å². The van der Waals surface area contributed by atoms with E-state index in [0.717, 1.165) is 33.6 Å². The fourth-order valence-electron chi connectivity index (χ4n) is 3.62. The number of anilines is 2. The molecule has 5 heteroatoms. The third-order valence-corrected chi connectivity index (χ3v) is 5.95. The zero-order chi connectivity index (χ0) is 14.3. The van der Waals surface area contributed by atoms with Crippen molar-refractivity contribution >= 4 is 27.4 Å². The van der Waals surface area contributed by atoms with Gasteiger partial charge in [-0.25, -0.2) is 4.98 Å². The number of fused-ring (bicyclic) bond motifs is 2. The summed E-state index contributed by atoms with van der Waals surface area (Å²) in [6.45, 7) is 2.02. The molecule has 0 saturated carbocycles. The highest BCUT2D eigenvalue weighted by Crippen LogP contribution is 2.35. The van der Waals surface area contributed by atoms with E-state index in [4.69, 9.17) is 5.73 Å². The predicted octanol–water partition coefficient (Wildman–Crippen LogP) is 3.16. The maximum Gasteiger partial charge on any atom is 0.140 e. The number of aromatic nitrogens is 1. The van der Waals surface area contributed by atoms with Crippen molar-refractivity contribution in [3.8, 4) is 0 Å². The number of rotatable bonds is 2. The van der Waals surface area contributed by atoms with Gasteiger partial charge in [-0.1, -0.05) is 6.42 Å². The normalized spacial score (nSPS) is 30.2. The van der Waals surface area contributed by atoms with Crippen molar-refractivity contribution < 1.29 is 0 Å². The number of nitrogen functional groups attached to an aromatic ring is 1. The van der Waals surface area contributed by atoms with Crippen LogP contribution in [0.3, 0.4) is 0 Å². The molecule has 0 aliphatic carbocycles. The molecule has 2 aliphatic heterocycles. The largest absolute Gasteiger partial charge is 0.397 e. The topological polar surface area (TPSA) is 54.2 Å². The van der Waals surface area contributed by atoms with E-state index >= 15 is 0 Å². The maximum absolute atomic E-state index is 5.89. The Morgan fingerprint density at radius 3 is 2.65 bits per heavy atom. The summed E-state index contributed by atoms with van der Waals surface area (Å²) in [7, 11) is 2.28. The minimum Gasteiger partial charge on any atom is -0.397 e. The van der Waals surface area contributed by atoms with Crippen molar-refractivity contribution in [3.05, 3.63) is 16.2 Å². The summed E-state index contributed by atoms with van der Waals surface area (Å²) < 4.78 is 1.00. The molecule has 0 radical (unpaired) electrons. The van der Waals surface area contributed by atoms with Gasteiger partial charge >= 0.3 is 0 Å². The minimum atomic E-state index is 0.522. The number of halogens is 1. The van der Waals surface area contributed by atoms with E-state index in [-0.39, 0.29) is 0 Å². The molecule has 2 unspecified atom stereocenters. The highest BCUT2D eigenvalue weighted by Gasteiger charge is 2.36. The van der Waals surface area contributed by atoms with E-state index in [0.29, 0.717) is 6.04 Å². The second-order valence-corrected chi connectivity index (χ2v) is 7.01. The van der Waals surface area contributed by atoms with Crippen molar-refractivity contribution in [2.45, 2.75) is 57.2 Å². The number of nitrogens with two attached hydrogens (primary N) is 1. The first-order valence-corrected chi connectivity index (χ1v) is 8.24. The van der Waals surface area contributed by atoms with E-state index in [1.807, 2.05) is 6.92 Å².